The van der Waals surface area contributed by atoms with Crippen LogP contribution in [0.2, 0.25) is 0 Å². The predicted octanol–water partition coefficient (Wildman–Crippen LogP) is 2.68. The van der Waals surface area contributed by atoms with E-state index in [1.807, 2.05) is 39.0 Å². The van der Waals surface area contributed by atoms with Crippen LogP contribution < -0.4 is 5.32 Å². The third kappa shape index (κ3) is 4.05. The molecule has 0 aliphatic carbocycles. The second-order valence-electron chi connectivity index (χ2n) is 5.53. The molecule has 1 aromatic carbocycles. The average molecular weight is 291 g/mol. The highest BCUT2D eigenvalue weighted by molar-refractivity contribution is 5.78. The maximum Gasteiger partial charge on any atom is 0.327 e. The predicted molar refractivity (Wildman–Crippen MR) is 82.3 cm³/mol. The Morgan fingerprint density at radius 1 is 1.43 bits per heavy atom. The third-order valence-electron chi connectivity index (χ3n) is 3.93. The topological polar surface area (TPSA) is 47.6 Å². The molecule has 2 atom stereocenters. The number of nitrogens with one attached hydrogen (secondary N) is 1. The van der Waals surface area contributed by atoms with Gasteiger partial charge >= 0.3 is 5.97 Å². The van der Waals surface area contributed by atoms with Gasteiger partial charge in [-0.25, -0.2) is 4.79 Å². The lowest BCUT2D eigenvalue weighted by molar-refractivity contribution is -0.146. The van der Waals surface area contributed by atoms with Gasteiger partial charge in [0.25, 0.3) is 0 Å². The molecule has 0 aromatic heterocycles. The molecule has 0 radical (unpaired) electrons. The first-order valence-electron chi connectivity index (χ1n) is 7.71. The van der Waals surface area contributed by atoms with Crippen molar-refractivity contribution < 1.29 is 14.3 Å². The second-order valence-corrected chi connectivity index (χ2v) is 5.53. The molecule has 1 N–H and O–H groups in total. The van der Waals surface area contributed by atoms with Crippen LogP contribution in [-0.2, 0) is 14.3 Å². The Hall–Kier alpha value is -1.39. The molecule has 1 aliphatic heterocycles. The molecule has 0 amide bonds. The summed E-state index contributed by atoms with van der Waals surface area (Å²) in [5.41, 5.74) is 3.23. The number of carbonyl (C=O) groups excluding carboxylic acids is 1. The number of aryl methyl sites for hydroxylation is 2. The second kappa shape index (κ2) is 7.57. The van der Waals surface area contributed by atoms with Gasteiger partial charge in [-0.1, -0.05) is 18.2 Å². The number of carbonyl (C=O) groups is 1. The lowest BCUT2D eigenvalue weighted by Crippen LogP contribution is -2.36. The lowest BCUT2D eigenvalue weighted by Gasteiger charge is -2.23. The van der Waals surface area contributed by atoms with Crippen molar-refractivity contribution in [3.05, 3.63) is 34.9 Å². The van der Waals surface area contributed by atoms with Gasteiger partial charge in [-0.3, -0.25) is 5.32 Å². The van der Waals surface area contributed by atoms with E-state index in [2.05, 4.69) is 5.32 Å². The van der Waals surface area contributed by atoms with E-state index in [9.17, 15) is 4.79 Å². The molecule has 1 fully saturated rings. The van der Waals surface area contributed by atoms with Crippen molar-refractivity contribution >= 4 is 5.97 Å². The summed E-state index contributed by atoms with van der Waals surface area (Å²) in [7, 11) is 0. The zero-order valence-corrected chi connectivity index (χ0v) is 13.1. The normalized spacial score (nSPS) is 19.5. The fraction of sp³-hybridized carbons (Fsp3) is 0.588. The fourth-order valence-electron chi connectivity index (χ4n) is 2.87. The standard InChI is InChI=1S/C17H25NO3/c1-4-20-17(19)16(18-11-14-9-6-10-21-14)15-12(2)7-5-8-13(15)3/h5,7-8,14,16,18H,4,6,9-11H2,1-3H3. The summed E-state index contributed by atoms with van der Waals surface area (Å²) < 4.78 is 10.9. The first-order chi connectivity index (χ1) is 10.1. The molecule has 2 unspecified atom stereocenters. The van der Waals surface area contributed by atoms with Crippen LogP contribution in [0.25, 0.3) is 0 Å². The van der Waals surface area contributed by atoms with Gasteiger partial charge in [0.2, 0.25) is 0 Å². The van der Waals surface area contributed by atoms with Gasteiger partial charge in [0.15, 0.2) is 0 Å². The summed E-state index contributed by atoms with van der Waals surface area (Å²) in [5, 5.41) is 3.34. The van der Waals surface area contributed by atoms with Crippen LogP contribution in [0.5, 0.6) is 0 Å². The van der Waals surface area contributed by atoms with Crippen LogP contribution in [0.3, 0.4) is 0 Å². The molecule has 1 aromatic rings. The third-order valence-corrected chi connectivity index (χ3v) is 3.93. The van der Waals surface area contributed by atoms with Crippen LogP contribution in [0.4, 0.5) is 0 Å². The summed E-state index contributed by atoms with van der Waals surface area (Å²) in [4.78, 5) is 12.3. The molecule has 0 spiro atoms. The van der Waals surface area contributed by atoms with E-state index in [0.29, 0.717) is 13.2 Å². The Balaban J connectivity index is 2.16. The van der Waals surface area contributed by atoms with Crippen molar-refractivity contribution in [1.82, 2.24) is 5.32 Å². The van der Waals surface area contributed by atoms with E-state index in [1.54, 1.807) is 0 Å². The number of rotatable bonds is 6. The van der Waals surface area contributed by atoms with Crippen LogP contribution in [-0.4, -0.2) is 31.8 Å². The molecular formula is C17H25NO3. The number of hydrogen-bond acceptors (Lipinski definition) is 4. The van der Waals surface area contributed by atoms with Gasteiger partial charge in [0.05, 0.1) is 12.7 Å². The van der Waals surface area contributed by atoms with Gasteiger partial charge in [-0.2, -0.15) is 0 Å². The highest BCUT2D eigenvalue weighted by Gasteiger charge is 2.26. The zero-order chi connectivity index (χ0) is 15.2. The van der Waals surface area contributed by atoms with Gasteiger partial charge in [-0.15, -0.1) is 0 Å². The van der Waals surface area contributed by atoms with Crippen LogP contribution >= 0.6 is 0 Å². The number of esters is 1. The van der Waals surface area contributed by atoms with Crippen molar-refractivity contribution in [3.8, 4) is 0 Å². The first-order valence-corrected chi connectivity index (χ1v) is 7.71. The Labute approximate surface area is 126 Å². The SMILES string of the molecule is CCOC(=O)C(NCC1CCCO1)c1c(C)cccc1C. The Kier molecular flexibility index (Phi) is 5.76. The molecule has 21 heavy (non-hydrogen) atoms. The molecular weight excluding hydrogens is 266 g/mol. The Morgan fingerprint density at radius 3 is 2.71 bits per heavy atom. The van der Waals surface area contributed by atoms with E-state index in [4.69, 9.17) is 9.47 Å². The van der Waals surface area contributed by atoms with E-state index in [0.717, 1.165) is 36.1 Å². The van der Waals surface area contributed by atoms with Crippen LogP contribution in [0.1, 0.15) is 42.5 Å². The first kappa shape index (κ1) is 16.0. The molecule has 4 heteroatoms. The smallest absolute Gasteiger partial charge is 0.327 e. The van der Waals surface area contributed by atoms with Crippen molar-refractivity contribution in [1.29, 1.82) is 0 Å². The lowest BCUT2D eigenvalue weighted by atomic mass is 9.96. The summed E-state index contributed by atoms with van der Waals surface area (Å²) in [6.07, 6.45) is 2.35. The van der Waals surface area contributed by atoms with Gasteiger partial charge < -0.3 is 9.47 Å². The average Bonchev–Trinajstić information content (AvgIpc) is 2.95. The highest BCUT2D eigenvalue weighted by atomic mass is 16.5. The molecule has 116 valence electrons. The number of hydrogen-bond donors (Lipinski definition) is 1. The maximum atomic E-state index is 12.3. The summed E-state index contributed by atoms with van der Waals surface area (Å²) in [6, 6.07) is 5.65. The summed E-state index contributed by atoms with van der Waals surface area (Å²) in [5.74, 6) is -0.215. The van der Waals surface area contributed by atoms with Crippen molar-refractivity contribution in [3.63, 3.8) is 0 Å². The molecule has 1 heterocycles. The van der Waals surface area contributed by atoms with E-state index < -0.39 is 6.04 Å². The number of ether oxygens (including phenoxy) is 2. The van der Waals surface area contributed by atoms with Crippen molar-refractivity contribution in [2.75, 3.05) is 19.8 Å². The summed E-state index contributed by atoms with van der Waals surface area (Å²) >= 11 is 0. The van der Waals surface area contributed by atoms with E-state index in [-0.39, 0.29) is 12.1 Å². The molecule has 4 nitrogen and oxygen atoms in total. The van der Waals surface area contributed by atoms with E-state index in [1.165, 1.54) is 0 Å². The number of benzene rings is 1. The summed E-state index contributed by atoms with van der Waals surface area (Å²) in [6.45, 7) is 7.78. The molecule has 1 saturated heterocycles. The molecule has 0 saturated carbocycles. The zero-order valence-electron chi connectivity index (χ0n) is 13.1. The fourth-order valence-corrected chi connectivity index (χ4v) is 2.87. The van der Waals surface area contributed by atoms with Gasteiger partial charge in [0.1, 0.15) is 6.04 Å². The molecule has 0 bridgehead atoms. The van der Waals surface area contributed by atoms with Gasteiger partial charge in [-0.05, 0) is 50.3 Å². The quantitative estimate of drug-likeness (QED) is 0.819. The minimum atomic E-state index is -0.421. The van der Waals surface area contributed by atoms with Crippen molar-refractivity contribution in [2.24, 2.45) is 0 Å². The minimum Gasteiger partial charge on any atom is -0.465 e. The highest BCUT2D eigenvalue weighted by Crippen LogP contribution is 2.24. The monoisotopic (exact) mass is 291 g/mol. The largest absolute Gasteiger partial charge is 0.465 e. The molecule has 2 rings (SSSR count). The van der Waals surface area contributed by atoms with E-state index >= 15 is 0 Å². The Bertz CT molecular complexity index is 461. The Morgan fingerprint density at radius 2 is 2.14 bits per heavy atom. The van der Waals surface area contributed by atoms with Gasteiger partial charge in [0, 0.05) is 13.2 Å². The van der Waals surface area contributed by atoms with Crippen LogP contribution in [0.15, 0.2) is 18.2 Å². The maximum absolute atomic E-state index is 12.3. The van der Waals surface area contributed by atoms with Crippen LogP contribution in [0, 0.1) is 13.8 Å². The van der Waals surface area contributed by atoms with Crippen molar-refractivity contribution in [2.45, 2.75) is 45.8 Å². The minimum absolute atomic E-state index is 0.200. The molecule has 1 aliphatic rings.